The molecule has 40 valence electrons. The molecule has 0 fully saturated rings. The van der Waals surface area contributed by atoms with Crippen molar-refractivity contribution in [2.45, 2.75) is 0 Å². The van der Waals surface area contributed by atoms with Crippen molar-refractivity contribution in [3.8, 4) is 0 Å². The summed E-state index contributed by atoms with van der Waals surface area (Å²) >= 11 is 0. The van der Waals surface area contributed by atoms with Crippen LogP contribution in [0.15, 0.2) is 0 Å². The average Bonchev–Trinajstić information content (AvgIpc) is 0.722. The average molecular weight is 156 g/mol. The summed E-state index contributed by atoms with van der Waals surface area (Å²) in [4.78, 5) is 21.3. The SMILES string of the molecule is O[Si](O)(O)F.[H-].[H-].[H-].[H-].[Li+].[Mg+2].[Na+]. The largest absolute Gasteiger partial charge is 2.00 e. The molecule has 3 N–H and O–H groups in total. The smallest absolute Gasteiger partial charge is 1.00 e. The number of hydrogen-bond acceptors (Lipinski definition) is 3. The summed E-state index contributed by atoms with van der Waals surface area (Å²) in [5.74, 6) is 0. The third-order valence-corrected chi connectivity index (χ3v) is 0. The zero-order valence-electron chi connectivity index (χ0n) is 8.93. The van der Waals surface area contributed by atoms with Crippen molar-refractivity contribution in [3.05, 3.63) is 0 Å². The molecule has 0 spiro atoms. The van der Waals surface area contributed by atoms with Gasteiger partial charge in [0.15, 0.2) is 0 Å². The molecule has 0 radical (unpaired) electrons. The first-order chi connectivity index (χ1) is 2.00. The molecule has 0 bridgehead atoms. The van der Waals surface area contributed by atoms with Gasteiger partial charge in [-0.25, -0.2) is 4.11 Å². The van der Waals surface area contributed by atoms with Gasteiger partial charge in [0.25, 0.3) is 0 Å². The van der Waals surface area contributed by atoms with Crippen molar-refractivity contribution < 1.29 is 72.6 Å². The first-order valence-corrected chi connectivity index (χ1v) is 2.58. The molecule has 0 aliphatic carbocycles. The van der Waals surface area contributed by atoms with Crippen LogP contribution < -0.4 is 48.4 Å². The van der Waals surface area contributed by atoms with Crippen molar-refractivity contribution in [3.63, 3.8) is 0 Å². The van der Waals surface area contributed by atoms with Gasteiger partial charge in [-0.05, 0) is 0 Å². The van der Waals surface area contributed by atoms with E-state index in [0.717, 1.165) is 0 Å². The van der Waals surface area contributed by atoms with Crippen LogP contribution >= 0.6 is 0 Å². The maximum Gasteiger partial charge on any atom is 2.00 e. The normalized spacial score (nSPS) is 7.50. The summed E-state index contributed by atoms with van der Waals surface area (Å²) in [5.41, 5.74) is 0. The second-order valence-electron chi connectivity index (χ2n) is 0.554. The summed E-state index contributed by atoms with van der Waals surface area (Å²) in [6.45, 7) is 0. The molecule has 0 saturated heterocycles. The monoisotopic (exact) mass is 156 g/mol. The second-order valence-corrected chi connectivity index (χ2v) is 1.66. The van der Waals surface area contributed by atoms with E-state index in [0.29, 0.717) is 0 Å². The van der Waals surface area contributed by atoms with Gasteiger partial charge in [-0.2, -0.15) is 0 Å². The molecule has 0 heterocycles. The van der Waals surface area contributed by atoms with Crippen LogP contribution in [0.4, 0.5) is 4.11 Å². The van der Waals surface area contributed by atoms with E-state index in [1.165, 1.54) is 0 Å². The fraction of sp³-hybridized carbons (Fsp3) is 0. The summed E-state index contributed by atoms with van der Waals surface area (Å²) in [7, 11) is -5.11. The third kappa shape index (κ3) is 80.2. The van der Waals surface area contributed by atoms with E-state index in [9.17, 15) is 4.11 Å². The van der Waals surface area contributed by atoms with Crippen LogP contribution in [0.25, 0.3) is 0 Å². The van der Waals surface area contributed by atoms with E-state index in [4.69, 9.17) is 14.4 Å². The number of hydrogen-bond donors (Lipinski definition) is 3. The van der Waals surface area contributed by atoms with Gasteiger partial charge in [0.1, 0.15) is 0 Å². The minimum atomic E-state index is -5.11. The Labute approximate surface area is 104 Å². The van der Waals surface area contributed by atoms with E-state index in [-0.39, 0.29) is 77.2 Å². The molecule has 0 aromatic rings. The quantitative estimate of drug-likeness (QED) is 0.241. The Balaban J connectivity index is -0.00000000381. The molecular weight excluding hydrogens is 149 g/mol. The van der Waals surface area contributed by atoms with Gasteiger partial charge in [-0.15, -0.1) is 0 Å². The molecule has 0 saturated carbocycles. The predicted octanol–water partition coefficient (Wildman–Crippen LogP) is -7.55. The molecule has 0 aromatic carbocycles. The zero-order chi connectivity index (χ0) is 4.50. The molecule has 0 rings (SSSR count). The molecule has 0 aromatic heterocycles. The Morgan fingerprint density at radius 1 is 1.25 bits per heavy atom. The zero-order valence-corrected chi connectivity index (χ0v) is 9.34. The minimum absolute atomic E-state index is 0. The first kappa shape index (κ1) is 22.4. The van der Waals surface area contributed by atoms with E-state index >= 15 is 0 Å². The standard InChI is InChI=1S/FH3O3Si.Li.Mg.Na.4H/c1-5(2,3)4;;;;;;;/h2-4H;;;;;;;/q;+1;+2;+1;4*-1. The van der Waals surface area contributed by atoms with Gasteiger partial charge < -0.3 is 20.1 Å². The van der Waals surface area contributed by atoms with Gasteiger partial charge in [0.2, 0.25) is 0 Å². The molecule has 0 aliphatic rings. The molecule has 0 amide bonds. The van der Waals surface area contributed by atoms with Crippen molar-refractivity contribution in [2.24, 2.45) is 0 Å². The van der Waals surface area contributed by atoms with E-state index in [1.807, 2.05) is 0 Å². The van der Waals surface area contributed by atoms with E-state index < -0.39 is 9.14 Å². The van der Waals surface area contributed by atoms with Crippen molar-refractivity contribution in [2.75, 3.05) is 0 Å². The van der Waals surface area contributed by atoms with Gasteiger partial charge in [0.05, 0.1) is 0 Å². The summed E-state index contributed by atoms with van der Waals surface area (Å²) < 4.78 is 10.5. The summed E-state index contributed by atoms with van der Waals surface area (Å²) in [6, 6.07) is 0. The maximum atomic E-state index is 10.5. The van der Waals surface area contributed by atoms with Crippen LogP contribution in [0.1, 0.15) is 5.71 Å². The van der Waals surface area contributed by atoms with Crippen molar-refractivity contribution in [1.29, 1.82) is 0 Å². The second kappa shape index (κ2) is 9.39. The van der Waals surface area contributed by atoms with Crippen LogP contribution in [0.5, 0.6) is 0 Å². The third-order valence-electron chi connectivity index (χ3n) is 0. The van der Waals surface area contributed by atoms with Crippen LogP contribution in [-0.2, 0) is 0 Å². The van der Waals surface area contributed by atoms with Crippen molar-refractivity contribution >= 4 is 32.2 Å². The van der Waals surface area contributed by atoms with Crippen LogP contribution in [0, 0.1) is 0 Å². The van der Waals surface area contributed by atoms with Crippen LogP contribution in [-0.4, -0.2) is 46.6 Å². The van der Waals surface area contributed by atoms with E-state index in [1.54, 1.807) is 0 Å². The van der Waals surface area contributed by atoms with Gasteiger partial charge >= 0.3 is 80.6 Å². The Bertz CT molecular complexity index is 45.8. The Kier molecular flexibility index (Phi) is 26.3. The molecule has 8 heavy (non-hydrogen) atoms. The van der Waals surface area contributed by atoms with Gasteiger partial charge in [-0.3, -0.25) is 0 Å². The first-order valence-electron chi connectivity index (χ1n) is 0.860. The molecular formula is H7FLiMgNaO3Si. The van der Waals surface area contributed by atoms with Crippen LogP contribution in [0.2, 0.25) is 0 Å². The predicted molar refractivity (Wildman–Crippen MR) is 23.7 cm³/mol. The van der Waals surface area contributed by atoms with Gasteiger partial charge in [-0.1, -0.05) is 0 Å². The number of rotatable bonds is 0. The summed E-state index contributed by atoms with van der Waals surface area (Å²) in [5, 5.41) is 0. The van der Waals surface area contributed by atoms with E-state index in [2.05, 4.69) is 0 Å². The molecule has 0 aliphatic heterocycles. The number of halogens is 1. The fourth-order valence-electron chi connectivity index (χ4n) is 0. The Morgan fingerprint density at radius 3 is 1.25 bits per heavy atom. The Hall–Kier alpha value is 2.39. The molecule has 8 heteroatoms. The topological polar surface area (TPSA) is 60.7 Å². The maximum absolute atomic E-state index is 10.5. The Morgan fingerprint density at radius 2 is 1.25 bits per heavy atom. The van der Waals surface area contributed by atoms with Crippen LogP contribution in [0.3, 0.4) is 0 Å². The molecule has 3 nitrogen and oxygen atoms in total. The van der Waals surface area contributed by atoms with Gasteiger partial charge in [0, 0.05) is 0 Å². The molecule has 0 unspecified atom stereocenters. The minimum Gasteiger partial charge on any atom is -1.00 e. The summed E-state index contributed by atoms with van der Waals surface area (Å²) in [6.07, 6.45) is 0. The molecule has 0 atom stereocenters. The fourth-order valence-corrected chi connectivity index (χ4v) is 0. The van der Waals surface area contributed by atoms with Crippen molar-refractivity contribution in [1.82, 2.24) is 0 Å².